The van der Waals surface area contributed by atoms with Crippen molar-refractivity contribution in [3.63, 3.8) is 0 Å². The quantitative estimate of drug-likeness (QED) is 0.776. The maximum atomic E-state index is 13.0. The lowest BCUT2D eigenvalue weighted by atomic mass is 9.91. The maximum absolute atomic E-state index is 13.0. The van der Waals surface area contributed by atoms with Gasteiger partial charge < -0.3 is 0 Å². The number of halogens is 1. The van der Waals surface area contributed by atoms with Gasteiger partial charge in [0, 0.05) is 5.54 Å². The molecule has 0 aromatic heterocycles. The zero-order chi connectivity index (χ0) is 16.3. The van der Waals surface area contributed by atoms with Crippen LogP contribution < -0.4 is 4.72 Å². The first kappa shape index (κ1) is 18.1. The summed E-state index contributed by atoms with van der Waals surface area (Å²) in [5.74, 6) is 0. The minimum absolute atomic E-state index is 0.263. The third kappa shape index (κ3) is 4.24. The Morgan fingerprint density at radius 1 is 1.00 bits per heavy atom. The Kier molecular flexibility index (Phi) is 5.51. The van der Waals surface area contributed by atoms with Crippen molar-refractivity contribution >= 4 is 20.2 Å². The summed E-state index contributed by atoms with van der Waals surface area (Å²) < 4.78 is 62.1. The van der Waals surface area contributed by atoms with E-state index in [-0.39, 0.29) is 4.90 Å². The van der Waals surface area contributed by atoms with Gasteiger partial charge in [0.2, 0.25) is 10.0 Å². The number of sulfonamides is 1. The zero-order valence-electron chi connectivity index (χ0n) is 12.3. The summed E-state index contributed by atoms with van der Waals surface area (Å²) in [5, 5.41) is 0. The molecule has 0 atom stereocenters. The summed E-state index contributed by atoms with van der Waals surface area (Å²) in [6.45, 7) is 5.62. The van der Waals surface area contributed by atoms with Crippen molar-refractivity contribution < 1.29 is 20.7 Å². The van der Waals surface area contributed by atoms with E-state index >= 15 is 0 Å². The van der Waals surface area contributed by atoms with Crippen LogP contribution in [0.2, 0.25) is 0 Å². The summed E-state index contributed by atoms with van der Waals surface area (Å²) >= 11 is 0. The van der Waals surface area contributed by atoms with Crippen molar-refractivity contribution in [2.75, 3.05) is 0 Å². The van der Waals surface area contributed by atoms with Crippen LogP contribution in [0, 0.1) is 0 Å². The van der Waals surface area contributed by atoms with Gasteiger partial charge in [-0.1, -0.05) is 26.8 Å². The van der Waals surface area contributed by atoms with Gasteiger partial charge in [-0.3, -0.25) is 0 Å². The normalized spacial score (nSPS) is 13.3. The Bertz CT molecular complexity index is 686. The molecule has 0 saturated heterocycles. The lowest BCUT2D eigenvalue weighted by Crippen LogP contribution is -2.46. The SMILES string of the molecule is CCC(CC)(CC)NS(=O)(=O)c1cccc(S(=O)(=O)F)c1. The summed E-state index contributed by atoms with van der Waals surface area (Å²) in [7, 11) is -8.86. The third-order valence-electron chi connectivity index (χ3n) is 3.78. The molecule has 1 rings (SSSR count). The van der Waals surface area contributed by atoms with Gasteiger partial charge in [-0.05, 0) is 37.5 Å². The van der Waals surface area contributed by atoms with E-state index in [1.165, 1.54) is 12.1 Å². The zero-order valence-corrected chi connectivity index (χ0v) is 13.9. The molecule has 0 spiro atoms. The van der Waals surface area contributed by atoms with E-state index in [1.807, 2.05) is 20.8 Å². The lowest BCUT2D eigenvalue weighted by molar-refractivity contribution is 0.341. The van der Waals surface area contributed by atoms with E-state index in [0.29, 0.717) is 19.3 Å². The van der Waals surface area contributed by atoms with Crippen LogP contribution in [-0.4, -0.2) is 22.4 Å². The molecule has 21 heavy (non-hydrogen) atoms. The van der Waals surface area contributed by atoms with E-state index in [0.717, 1.165) is 12.1 Å². The Morgan fingerprint density at radius 2 is 1.48 bits per heavy atom. The van der Waals surface area contributed by atoms with E-state index in [9.17, 15) is 20.7 Å². The van der Waals surface area contributed by atoms with Crippen molar-refractivity contribution in [3.05, 3.63) is 24.3 Å². The number of hydrogen-bond donors (Lipinski definition) is 1. The predicted octanol–water partition coefficient (Wildman–Crippen LogP) is 2.59. The molecule has 0 aliphatic rings. The van der Waals surface area contributed by atoms with Crippen LogP contribution in [-0.2, 0) is 20.2 Å². The van der Waals surface area contributed by atoms with Crippen LogP contribution in [0.3, 0.4) is 0 Å². The molecule has 120 valence electrons. The molecule has 5 nitrogen and oxygen atoms in total. The molecule has 0 amide bonds. The molecule has 0 aliphatic heterocycles. The topological polar surface area (TPSA) is 80.3 Å². The first-order valence-electron chi connectivity index (χ1n) is 6.69. The van der Waals surface area contributed by atoms with Crippen LogP contribution in [0.25, 0.3) is 0 Å². The monoisotopic (exact) mass is 337 g/mol. The number of benzene rings is 1. The van der Waals surface area contributed by atoms with Crippen LogP contribution in [0.4, 0.5) is 3.89 Å². The van der Waals surface area contributed by atoms with E-state index in [1.54, 1.807) is 0 Å². The molecule has 0 unspecified atom stereocenters. The molecule has 0 fully saturated rings. The fourth-order valence-electron chi connectivity index (χ4n) is 2.10. The molecule has 1 aromatic rings. The molecule has 0 aliphatic carbocycles. The summed E-state index contributed by atoms with van der Waals surface area (Å²) in [6, 6.07) is 4.28. The van der Waals surface area contributed by atoms with Crippen molar-refractivity contribution in [1.82, 2.24) is 4.72 Å². The third-order valence-corrected chi connectivity index (χ3v) is 6.17. The van der Waals surface area contributed by atoms with Gasteiger partial charge in [0.05, 0.1) is 9.79 Å². The molecular formula is C13H20FNO4S2. The Labute approximate surface area is 125 Å². The molecule has 0 heterocycles. The highest BCUT2D eigenvalue weighted by Crippen LogP contribution is 2.24. The van der Waals surface area contributed by atoms with Crippen molar-refractivity contribution in [1.29, 1.82) is 0 Å². The standard InChI is InChI=1S/C13H20FNO4S2/c1-4-13(5-2,6-3)15-21(18,19)12-9-7-8-11(10-12)20(14,16)17/h7-10,15H,4-6H2,1-3H3. The Morgan fingerprint density at radius 3 is 1.90 bits per heavy atom. The van der Waals surface area contributed by atoms with E-state index in [2.05, 4.69) is 4.72 Å². The molecule has 0 saturated carbocycles. The highest BCUT2D eigenvalue weighted by molar-refractivity contribution is 7.89. The van der Waals surface area contributed by atoms with Gasteiger partial charge in [0.25, 0.3) is 0 Å². The van der Waals surface area contributed by atoms with Gasteiger partial charge in [0.1, 0.15) is 0 Å². The summed E-state index contributed by atoms with van der Waals surface area (Å²) in [4.78, 5) is -0.929. The molecule has 0 bridgehead atoms. The van der Waals surface area contributed by atoms with Crippen molar-refractivity contribution in [3.8, 4) is 0 Å². The lowest BCUT2D eigenvalue weighted by Gasteiger charge is -2.31. The second-order valence-electron chi connectivity index (χ2n) is 4.86. The molecule has 1 aromatic carbocycles. The largest absolute Gasteiger partial charge is 0.332 e. The fourth-order valence-corrected chi connectivity index (χ4v) is 4.35. The minimum Gasteiger partial charge on any atom is -0.207 e. The van der Waals surface area contributed by atoms with Gasteiger partial charge in [-0.25, -0.2) is 13.1 Å². The Hall–Kier alpha value is -0.990. The summed E-state index contributed by atoms with van der Waals surface area (Å²) in [5.41, 5.74) is -0.594. The van der Waals surface area contributed by atoms with Gasteiger partial charge in [-0.2, -0.15) is 8.42 Å². The van der Waals surface area contributed by atoms with Crippen LogP contribution >= 0.6 is 0 Å². The van der Waals surface area contributed by atoms with Crippen LogP contribution in [0.5, 0.6) is 0 Å². The average molecular weight is 337 g/mol. The van der Waals surface area contributed by atoms with Gasteiger partial charge in [-0.15, -0.1) is 3.89 Å². The highest BCUT2D eigenvalue weighted by atomic mass is 32.3. The summed E-state index contributed by atoms with van der Waals surface area (Å²) in [6.07, 6.45) is 1.79. The predicted molar refractivity (Wildman–Crippen MR) is 78.7 cm³/mol. The molecule has 0 radical (unpaired) electrons. The molecule has 8 heteroatoms. The number of nitrogens with one attached hydrogen (secondary N) is 1. The molecule has 1 N–H and O–H groups in total. The van der Waals surface area contributed by atoms with Crippen molar-refractivity contribution in [2.45, 2.75) is 55.4 Å². The highest BCUT2D eigenvalue weighted by Gasteiger charge is 2.30. The van der Waals surface area contributed by atoms with Crippen molar-refractivity contribution in [2.24, 2.45) is 0 Å². The van der Waals surface area contributed by atoms with Crippen LogP contribution in [0.1, 0.15) is 40.0 Å². The average Bonchev–Trinajstić information content (AvgIpc) is 2.44. The molecular weight excluding hydrogens is 317 g/mol. The fraction of sp³-hybridized carbons (Fsp3) is 0.538. The van der Waals surface area contributed by atoms with Crippen LogP contribution in [0.15, 0.2) is 34.1 Å². The maximum Gasteiger partial charge on any atom is 0.332 e. The van der Waals surface area contributed by atoms with E-state index < -0.39 is 30.7 Å². The second-order valence-corrected chi connectivity index (χ2v) is 7.89. The number of hydrogen-bond acceptors (Lipinski definition) is 4. The smallest absolute Gasteiger partial charge is 0.207 e. The first-order valence-corrected chi connectivity index (χ1v) is 9.55. The minimum atomic E-state index is -4.94. The Balaban J connectivity index is 3.26. The number of rotatable bonds is 7. The van der Waals surface area contributed by atoms with Gasteiger partial charge in [0.15, 0.2) is 0 Å². The van der Waals surface area contributed by atoms with E-state index in [4.69, 9.17) is 0 Å². The van der Waals surface area contributed by atoms with Gasteiger partial charge >= 0.3 is 10.2 Å². The second kappa shape index (κ2) is 6.41. The first-order chi connectivity index (χ1) is 9.60.